The van der Waals surface area contributed by atoms with Crippen molar-refractivity contribution in [3.8, 4) is 17.0 Å². The molecule has 1 aromatic carbocycles. The summed E-state index contributed by atoms with van der Waals surface area (Å²) in [6, 6.07) is 4.96. The van der Waals surface area contributed by atoms with Crippen LogP contribution in [-0.2, 0) is 27.9 Å². The minimum Gasteiger partial charge on any atom is -0.487 e. The van der Waals surface area contributed by atoms with Crippen LogP contribution >= 0.6 is 0 Å². The number of esters is 1. The first-order valence-electron chi connectivity index (χ1n) is 13.3. The molecular weight excluding hydrogens is 477 g/mol. The SMILES string of the molecule is CC(C)OC(=O)[C@H]1CCC[C@H](Oc2ccc(-c3ncn(C)c3COC(=O)N(C)C3CCCC3)cc2F)C1. The molecule has 0 unspecified atom stereocenters. The topological polar surface area (TPSA) is 82.9 Å². The van der Waals surface area contributed by atoms with Gasteiger partial charge < -0.3 is 23.7 Å². The highest BCUT2D eigenvalue weighted by atomic mass is 19.1. The van der Waals surface area contributed by atoms with Crippen molar-refractivity contribution in [1.82, 2.24) is 14.5 Å². The third-order valence-electron chi connectivity index (χ3n) is 7.36. The van der Waals surface area contributed by atoms with Crippen LogP contribution in [0.25, 0.3) is 11.3 Å². The van der Waals surface area contributed by atoms with E-state index >= 15 is 4.39 Å². The van der Waals surface area contributed by atoms with Crippen molar-refractivity contribution < 1.29 is 28.2 Å². The summed E-state index contributed by atoms with van der Waals surface area (Å²) in [4.78, 5) is 31.0. The Morgan fingerprint density at radius 1 is 1.16 bits per heavy atom. The van der Waals surface area contributed by atoms with Gasteiger partial charge in [-0.3, -0.25) is 4.79 Å². The highest BCUT2D eigenvalue weighted by Gasteiger charge is 2.31. The van der Waals surface area contributed by atoms with Crippen LogP contribution in [0.4, 0.5) is 9.18 Å². The van der Waals surface area contributed by atoms with E-state index in [2.05, 4.69) is 4.98 Å². The molecule has 2 atom stereocenters. The van der Waals surface area contributed by atoms with Crippen molar-refractivity contribution in [1.29, 1.82) is 0 Å². The molecule has 8 nitrogen and oxygen atoms in total. The van der Waals surface area contributed by atoms with E-state index in [9.17, 15) is 9.59 Å². The Morgan fingerprint density at radius 2 is 1.92 bits per heavy atom. The van der Waals surface area contributed by atoms with Crippen molar-refractivity contribution >= 4 is 12.1 Å². The number of hydrogen-bond donors (Lipinski definition) is 0. The quantitative estimate of drug-likeness (QED) is 0.424. The van der Waals surface area contributed by atoms with Gasteiger partial charge in [0.15, 0.2) is 11.6 Å². The Hall–Kier alpha value is -3.10. The number of amides is 1. The van der Waals surface area contributed by atoms with E-state index in [0.717, 1.165) is 44.9 Å². The number of carbonyl (C=O) groups excluding carboxylic acids is 2. The van der Waals surface area contributed by atoms with Gasteiger partial charge in [-0.15, -0.1) is 0 Å². The number of halogens is 1. The van der Waals surface area contributed by atoms with Crippen LogP contribution in [0.5, 0.6) is 5.75 Å². The zero-order valence-corrected chi connectivity index (χ0v) is 22.2. The molecule has 1 heterocycles. The smallest absolute Gasteiger partial charge is 0.410 e. The zero-order valence-electron chi connectivity index (χ0n) is 22.2. The molecule has 0 spiro atoms. The molecule has 2 aliphatic rings. The minimum atomic E-state index is -0.501. The van der Waals surface area contributed by atoms with Gasteiger partial charge in [0, 0.05) is 25.7 Å². The summed E-state index contributed by atoms with van der Waals surface area (Å²) in [5.74, 6) is -0.792. The molecule has 2 saturated carbocycles. The first-order chi connectivity index (χ1) is 17.7. The van der Waals surface area contributed by atoms with Gasteiger partial charge in [-0.25, -0.2) is 14.2 Å². The molecule has 0 bridgehead atoms. The van der Waals surface area contributed by atoms with Crippen LogP contribution in [0.2, 0.25) is 0 Å². The van der Waals surface area contributed by atoms with Crippen molar-refractivity contribution in [2.24, 2.45) is 13.0 Å². The maximum atomic E-state index is 15.1. The second kappa shape index (κ2) is 12.0. The molecule has 9 heteroatoms. The first kappa shape index (κ1) is 26.9. The zero-order chi connectivity index (χ0) is 26.5. The Morgan fingerprint density at radius 3 is 2.62 bits per heavy atom. The lowest BCUT2D eigenvalue weighted by molar-refractivity contribution is -0.154. The fourth-order valence-electron chi connectivity index (χ4n) is 5.26. The molecule has 202 valence electrons. The molecule has 0 N–H and O–H groups in total. The van der Waals surface area contributed by atoms with E-state index in [-0.39, 0.29) is 48.6 Å². The van der Waals surface area contributed by atoms with Gasteiger partial charge in [0.05, 0.1) is 35.8 Å². The van der Waals surface area contributed by atoms with Crippen molar-refractivity contribution in [2.75, 3.05) is 7.05 Å². The highest BCUT2D eigenvalue weighted by molar-refractivity contribution is 5.72. The second-order valence-corrected chi connectivity index (χ2v) is 10.5. The summed E-state index contributed by atoms with van der Waals surface area (Å²) in [5, 5.41) is 0. The van der Waals surface area contributed by atoms with Crippen LogP contribution < -0.4 is 4.74 Å². The van der Waals surface area contributed by atoms with E-state index in [4.69, 9.17) is 14.2 Å². The Bertz CT molecular complexity index is 1100. The van der Waals surface area contributed by atoms with Gasteiger partial charge in [0.1, 0.15) is 6.61 Å². The third kappa shape index (κ3) is 6.62. The highest BCUT2D eigenvalue weighted by Crippen LogP contribution is 2.32. The van der Waals surface area contributed by atoms with E-state index in [0.29, 0.717) is 23.4 Å². The Balaban J connectivity index is 1.40. The maximum absolute atomic E-state index is 15.1. The van der Waals surface area contributed by atoms with Crippen molar-refractivity contribution in [2.45, 2.75) is 90.1 Å². The van der Waals surface area contributed by atoms with Gasteiger partial charge in [-0.2, -0.15) is 0 Å². The molecule has 4 rings (SSSR count). The van der Waals surface area contributed by atoms with Crippen LogP contribution in [0.1, 0.15) is 70.9 Å². The van der Waals surface area contributed by atoms with Crippen LogP contribution in [-0.4, -0.2) is 51.8 Å². The van der Waals surface area contributed by atoms with Crippen LogP contribution in [0.15, 0.2) is 24.5 Å². The summed E-state index contributed by atoms with van der Waals surface area (Å²) in [7, 11) is 3.59. The number of carbonyl (C=O) groups is 2. The molecular formula is C28H38FN3O5. The maximum Gasteiger partial charge on any atom is 0.410 e. The summed E-state index contributed by atoms with van der Waals surface area (Å²) in [6.45, 7) is 3.70. The van der Waals surface area contributed by atoms with Gasteiger partial charge in [-0.1, -0.05) is 12.8 Å². The Labute approximate surface area is 218 Å². The fourth-order valence-corrected chi connectivity index (χ4v) is 5.26. The van der Waals surface area contributed by atoms with E-state index in [1.807, 2.05) is 20.9 Å². The lowest BCUT2D eigenvalue weighted by Gasteiger charge is -2.29. The van der Waals surface area contributed by atoms with E-state index < -0.39 is 5.82 Å². The number of benzene rings is 1. The number of aryl methyl sites for hydroxylation is 1. The lowest BCUT2D eigenvalue weighted by atomic mass is 9.87. The Kier molecular flexibility index (Phi) is 8.71. The molecule has 1 aromatic heterocycles. The fraction of sp³-hybridized carbons (Fsp3) is 0.607. The first-order valence-corrected chi connectivity index (χ1v) is 13.3. The predicted octanol–water partition coefficient (Wildman–Crippen LogP) is 5.63. The lowest BCUT2D eigenvalue weighted by Crippen LogP contribution is -2.35. The van der Waals surface area contributed by atoms with E-state index in [1.165, 1.54) is 6.07 Å². The number of hydrogen-bond acceptors (Lipinski definition) is 6. The molecule has 2 fully saturated rings. The molecule has 37 heavy (non-hydrogen) atoms. The summed E-state index contributed by atoms with van der Waals surface area (Å²) in [6.07, 6.45) is 7.97. The van der Waals surface area contributed by atoms with Crippen molar-refractivity contribution in [3.63, 3.8) is 0 Å². The largest absolute Gasteiger partial charge is 0.487 e. The predicted molar refractivity (Wildman–Crippen MR) is 136 cm³/mol. The third-order valence-corrected chi connectivity index (χ3v) is 7.36. The molecule has 0 aliphatic heterocycles. The number of aromatic nitrogens is 2. The molecule has 0 radical (unpaired) electrons. The number of nitrogens with zero attached hydrogens (tertiary/aromatic N) is 3. The molecule has 2 aromatic rings. The van der Waals surface area contributed by atoms with Gasteiger partial charge in [0.2, 0.25) is 0 Å². The molecule has 1 amide bonds. The second-order valence-electron chi connectivity index (χ2n) is 10.5. The van der Waals surface area contributed by atoms with Gasteiger partial charge in [-0.05, 0) is 70.6 Å². The standard InChI is InChI=1S/C28H38FN3O5/c1-18(2)36-27(33)20-8-7-11-22(14-20)37-25-13-12-19(15-23(25)29)26-24(31(3)17-30-26)16-35-28(34)32(4)21-9-5-6-10-21/h12-13,15,17-18,20-22H,5-11,14,16H2,1-4H3/t20-,22-/m0/s1. The minimum absolute atomic E-state index is 0.0392. The number of ether oxygens (including phenoxy) is 3. The average Bonchev–Trinajstić information content (AvgIpc) is 3.53. The van der Waals surface area contributed by atoms with Gasteiger partial charge >= 0.3 is 12.1 Å². The normalized spacial score (nSPS) is 20.2. The average molecular weight is 516 g/mol. The van der Waals surface area contributed by atoms with Gasteiger partial charge in [0.25, 0.3) is 0 Å². The summed E-state index contributed by atoms with van der Waals surface area (Å²) < 4.78 is 33.8. The monoisotopic (exact) mass is 515 g/mol. The number of rotatable bonds is 8. The van der Waals surface area contributed by atoms with Crippen LogP contribution in [0.3, 0.4) is 0 Å². The van der Waals surface area contributed by atoms with Crippen LogP contribution in [0, 0.1) is 11.7 Å². The summed E-state index contributed by atoms with van der Waals surface area (Å²) in [5.41, 5.74) is 1.81. The van der Waals surface area contributed by atoms with E-state index in [1.54, 1.807) is 35.0 Å². The number of imidazole rings is 1. The molecule has 2 aliphatic carbocycles. The summed E-state index contributed by atoms with van der Waals surface area (Å²) >= 11 is 0. The molecule has 0 saturated heterocycles. The van der Waals surface area contributed by atoms with Crippen molar-refractivity contribution in [3.05, 3.63) is 36.0 Å².